The number of aromatic nitrogens is 3. The second kappa shape index (κ2) is 8.16. The fourth-order valence-electron chi connectivity index (χ4n) is 1.50. The van der Waals surface area contributed by atoms with E-state index in [2.05, 4.69) is 29.2 Å². The molecule has 1 rings (SSSR count). The third-order valence-corrected chi connectivity index (χ3v) is 2.30. The van der Waals surface area contributed by atoms with Gasteiger partial charge < -0.3 is 15.2 Å². The normalized spacial score (nSPS) is 11.3. The van der Waals surface area contributed by atoms with Crippen LogP contribution in [0.15, 0.2) is 6.33 Å². The van der Waals surface area contributed by atoms with Gasteiger partial charge in [-0.15, -0.1) is 0 Å². The predicted molar refractivity (Wildman–Crippen MR) is 64.6 cm³/mol. The lowest BCUT2D eigenvalue weighted by Crippen LogP contribution is -2.20. The summed E-state index contributed by atoms with van der Waals surface area (Å²) in [5.41, 5.74) is 0. The highest BCUT2D eigenvalue weighted by Gasteiger charge is 2.06. The number of ether oxygens (including phenoxy) is 1. The number of hydrogen-bond donors (Lipinski definition) is 2. The number of aliphatic hydroxyl groups is 1. The molecule has 0 aromatic carbocycles. The van der Waals surface area contributed by atoms with Crippen molar-refractivity contribution in [3.63, 3.8) is 0 Å². The van der Waals surface area contributed by atoms with E-state index in [1.165, 1.54) is 0 Å². The van der Waals surface area contributed by atoms with E-state index in [-0.39, 0.29) is 6.61 Å². The van der Waals surface area contributed by atoms with Crippen molar-refractivity contribution in [1.82, 2.24) is 20.1 Å². The van der Waals surface area contributed by atoms with Crippen LogP contribution in [0.25, 0.3) is 0 Å². The molecule has 0 aliphatic carbocycles. The Bertz CT molecular complexity index is 301. The summed E-state index contributed by atoms with van der Waals surface area (Å²) in [6, 6.07) is 0.335. The molecule has 98 valence electrons. The number of nitrogens with zero attached hydrogens (tertiary/aromatic N) is 3. The molecule has 6 nitrogen and oxygen atoms in total. The highest BCUT2D eigenvalue weighted by atomic mass is 16.5. The quantitative estimate of drug-likeness (QED) is 0.611. The predicted octanol–water partition coefficient (Wildman–Crippen LogP) is 0.348. The Kier molecular flexibility index (Phi) is 6.76. The van der Waals surface area contributed by atoms with E-state index in [0.717, 1.165) is 25.3 Å². The molecule has 2 N–H and O–H groups in total. The first-order valence-electron chi connectivity index (χ1n) is 6.03. The Hall–Kier alpha value is -0.980. The molecule has 0 bridgehead atoms. The summed E-state index contributed by atoms with van der Waals surface area (Å²) >= 11 is 0. The van der Waals surface area contributed by atoms with Crippen molar-refractivity contribution in [1.29, 1.82) is 0 Å². The molecule has 0 amide bonds. The topological polar surface area (TPSA) is 72.2 Å². The first-order chi connectivity index (χ1) is 8.25. The lowest BCUT2D eigenvalue weighted by Gasteiger charge is -2.10. The maximum atomic E-state index is 8.52. The van der Waals surface area contributed by atoms with Crippen LogP contribution >= 0.6 is 0 Å². The number of rotatable bonds is 9. The van der Waals surface area contributed by atoms with E-state index in [1.807, 2.05) is 4.68 Å². The molecule has 0 atom stereocenters. The van der Waals surface area contributed by atoms with Gasteiger partial charge in [-0.05, 0) is 26.8 Å². The van der Waals surface area contributed by atoms with Gasteiger partial charge in [-0.25, -0.2) is 9.67 Å². The SMILES string of the molecule is CC(C)n1ncnc1CNCCCOCCO. The molecule has 0 unspecified atom stereocenters. The third-order valence-electron chi connectivity index (χ3n) is 2.30. The van der Waals surface area contributed by atoms with Crippen molar-refractivity contribution in [2.75, 3.05) is 26.4 Å². The van der Waals surface area contributed by atoms with E-state index in [0.29, 0.717) is 19.3 Å². The highest BCUT2D eigenvalue weighted by molar-refractivity contribution is 4.85. The molecule has 0 saturated heterocycles. The summed E-state index contributed by atoms with van der Waals surface area (Å²) in [6.45, 7) is 6.94. The third kappa shape index (κ3) is 5.25. The summed E-state index contributed by atoms with van der Waals surface area (Å²) in [4.78, 5) is 4.21. The van der Waals surface area contributed by atoms with Crippen LogP contribution in [-0.2, 0) is 11.3 Å². The van der Waals surface area contributed by atoms with Gasteiger partial charge in [-0.2, -0.15) is 5.10 Å². The first-order valence-corrected chi connectivity index (χ1v) is 6.03. The maximum Gasteiger partial charge on any atom is 0.141 e. The van der Waals surface area contributed by atoms with Gasteiger partial charge in [-0.1, -0.05) is 0 Å². The molecule has 0 spiro atoms. The molecular weight excluding hydrogens is 220 g/mol. The van der Waals surface area contributed by atoms with Crippen molar-refractivity contribution < 1.29 is 9.84 Å². The molecule has 0 aliphatic rings. The largest absolute Gasteiger partial charge is 0.394 e. The minimum atomic E-state index is 0.0882. The van der Waals surface area contributed by atoms with Crippen molar-refractivity contribution in [3.8, 4) is 0 Å². The molecule has 1 aromatic rings. The molecule has 0 aliphatic heterocycles. The molecule has 1 heterocycles. The zero-order chi connectivity index (χ0) is 12.5. The molecular formula is C11H22N4O2. The summed E-state index contributed by atoms with van der Waals surface area (Å²) in [5, 5.41) is 16.0. The smallest absolute Gasteiger partial charge is 0.141 e. The number of aliphatic hydroxyl groups excluding tert-OH is 1. The van der Waals surface area contributed by atoms with Gasteiger partial charge in [0.05, 0.1) is 19.8 Å². The molecule has 6 heteroatoms. The van der Waals surface area contributed by atoms with Crippen molar-refractivity contribution in [3.05, 3.63) is 12.2 Å². The van der Waals surface area contributed by atoms with Crippen LogP contribution in [0.5, 0.6) is 0 Å². The average Bonchev–Trinajstić information content (AvgIpc) is 2.76. The summed E-state index contributed by atoms with van der Waals surface area (Å²) in [6.07, 6.45) is 2.51. The highest BCUT2D eigenvalue weighted by Crippen LogP contribution is 2.04. The first kappa shape index (κ1) is 14.1. The standard InChI is InChI=1S/C11H22N4O2/c1-10(2)15-11(13-9-14-15)8-12-4-3-6-17-7-5-16/h9-10,12,16H,3-8H2,1-2H3. The number of nitrogens with one attached hydrogen (secondary N) is 1. The van der Waals surface area contributed by atoms with E-state index in [9.17, 15) is 0 Å². The van der Waals surface area contributed by atoms with Gasteiger partial charge in [-0.3, -0.25) is 0 Å². The Labute approximate surface area is 102 Å². The Morgan fingerprint density at radius 3 is 3.00 bits per heavy atom. The number of hydrogen-bond acceptors (Lipinski definition) is 5. The fourth-order valence-corrected chi connectivity index (χ4v) is 1.50. The van der Waals surface area contributed by atoms with E-state index < -0.39 is 0 Å². The van der Waals surface area contributed by atoms with Gasteiger partial charge in [0.2, 0.25) is 0 Å². The Morgan fingerprint density at radius 2 is 2.29 bits per heavy atom. The fraction of sp³-hybridized carbons (Fsp3) is 0.818. The lowest BCUT2D eigenvalue weighted by atomic mass is 10.4. The summed E-state index contributed by atoms with van der Waals surface area (Å²) in [7, 11) is 0. The van der Waals surface area contributed by atoms with E-state index in [4.69, 9.17) is 9.84 Å². The molecule has 0 radical (unpaired) electrons. The molecule has 17 heavy (non-hydrogen) atoms. The van der Waals surface area contributed by atoms with Crippen LogP contribution in [0, 0.1) is 0 Å². The maximum absolute atomic E-state index is 8.52. The zero-order valence-electron chi connectivity index (χ0n) is 10.6. The van der Waals surface area contributed by atoms with Gasteiger partial charge >= 0.3 is 0 Å². The van der Waals surface area contributed by atoms with E-state index >= 15 is 0 Å². The van der Waals surface area contributed by atoms with Crippen LogP contribution in [0.2, 0.25) is 0 Å². The van der Waals surface area contributed by atoms with Crippen molar-refractivity contribution in [2.24, 2.45) is 0 Å². The van der Waals surface area contributed by atoms with Gasteiger partial charge in [0.25, 0.3) is 0 Å². The van der Waals surface area contributed by atoms with Crippen LogP contribution in [-0.4, -0.2) is 46.2 Å². The van der Waals surface area contributed by atoms with Gasteiger partial charge in [0.15, 0.2) is 0 Å². The minimum Gasteiger partial charge on any atom is -0.394 e. The second-order valence-electron chi connectivity index (χ2n) is 4.08. The Morgan fingerprint density at radius 1 is 1.47 bits per heavy atom. The lowest BCUT2D eigenvalue weighted by molar-refractivity contribution is 0.0907. The van der Waals surface area contributed by atoms with Gasteiger partial charge in [0.1, 0.15) is 12.2 Å². The van der Waals surface area contributed by atoms with Crippen LogP contribution in [0.4, 0.5) is 0 Å². The average molecular weight is 242 g/mol. The van der Waals surface area contributed by atoms with Crippen LogP contribution < -0.4 is 5.32 Å². The minimum absolute atomic E-state index is 0.0882. The Balaban J connectivity index is 2.11. The van der Waals surface area contributed by atoms with Crippen molar-refractivity contribution in [2.45, 2.75) is 32.9 Å². The zero-order valence-corrected chi connectivity index (χ0v) is 10.6. The summed E-state index contributed by atoms with van der Waals surface area (Å²) in [5.74, 6) is 0.955. The molecule has 0 fully saturated rings. The van der Waals surface area contributed by atoms with E-state index in [1.54, 1.807) is 6.33 Å². The van der Waals surface area contributed by atoms with Crippen LogP contribution in [0.1, 0.15) is 32.1 Å². The molecule has 1 aromatic heterocycles. The van der Waals surface area contributed by atoms with Gasteiger partial charge in [0, 0.05) is 12.6 Å². The summed E-state index contributed by atoms with van der Waals surface area (Å²) < 4.78 is 7.07. The molecule has 0 saturated carbocycles. The van der Waals surface area contributed by atoms with Crippen LogP contribution in [0.3, 0.4) is 0 Å². The monoisotopic (exact) mass is 242 g/mol. The second-order valence-corrected chi connectivity index (χ2v) is 4.08. The van der Waals surface area contributed by atoms with Crippen molar-refractivity contribution >= 4 is 0 Å².